The molecule has 0 bridgehead atoms. The zero-order valence-corrected chi connectivity index (χ0v) is 29.7. The number of esters is 3. The van der Waals surface area contributed by atoms with Gasteiger partial charge in [0.15, 0.2) is 0 Å². The molecule has 6 nitrogen and oxygen atoms in total. The van der Waals surface area contributed by atoms with Crippen molar-refractivity contribution in [3.63, 3.8) is 0 Å². The molecule has 6 heteroatoms. The minimum atomic E-state index is -0.240. The Morgan fingerprint density at radius 2 is 1.38 bits per heavy atom. The lowest BCUT2D eigenvalue weighted by atomic mass is 9.43. The van der Waals surface area contributed by atoms with Gasteiger partial charge < -0.3 is 14.2 Å². The Hall–Kier alpha value is -3.41. The first-order chi connectivity index (χ1) is 22.9. The molecule has 0 amide bonds. The molecule has 0 N–H and O–H groups in total. The molecule has 48 heavy (non-hydrogen) atoms. The van der Waals surface area contributed by atoms with Gasteiger partial charge >= 0.3 is 17.9 Å². The number of allylic oxidation sites excluding steroid dienone is 1. The minimum Gasteiger partial charge on any atom is -0.463 e. The Kier molecular flexibility index (Phi) is 9.93. The van der Waals surface area contributed by atoms with Gasteiger partial charge in [-0.15, -0.1) is 0 Å². The zero-order valence-electron chi connectivity index (χ0n) is 29.7. The summed E-state index contributed by atoms with van der Waals surface area (Å²) in [6.07, 6.45) is 9.06. The van der Waals surface area contributed by atoms with E-state index in [1.165, 1.54) is 30.5 Å². The van der Waals surface area contributed by atoms with Crippen molar-refractivity contribution in [1.29, 1.82) is 0 Å². The van der Waals surface area contributed by atoms with E-state index < -0.39 is 0 Å². The molecule has 2 aromatic carbocycles. The van der Waals surface area contributed by atoms with Crippen LogP contribution in [0.15, 0.2) is 66.7 Å². The van der Waals surface area contributed by atoms with E-state index in [-0.39, 0.29) is 70.7 Å². The van der Waals surface area contributed by atoms with Crippen LogP contribution in [-0.2, 0) is 28.6 Å². The summed E-state index contributed by atoms with van der Waals surface area (Å²) in [6.45, 7) is 11.7. The van der Waals surface area contributed by atoms with Crippen molar-refractivity contribution >= 4 is 23.5 Å². The molecule has 0 aliphatic heterocycles. The molecule has 0 saturated heterocycles. The highest BCUT2D eigenvalue weighted by Crippen LogP contribution is 2.69. The second kappa shape index (κ2) is 13.8. The Bertz CT molecular complexity index is 1460. The summed E-state index contributed by atoms with van der Waals surface area (Å²) >= 11 is 0. The molecule has 4 aliphatic rings. The van der Waals surface area contributed by atoms with Crippen LogP contribution in [0.5, 0.6) is 0 Å². The van der Waals surface area contributed by atoms with Crippen LogP contribution in [0, 0.1) is 46.3 Å². The van der Waals surface area contributed by atoms with Crippen LogP contribution < -0.4 is 0 Å². The van der Waals surface area contributed by atoms with Crippen LogP contribution >= 0.6 is 0 Å². The van der Waals surface area contributed by atoms with E-state index in [2.05, 4.69) is 87.5 Å². The molecular formula is C42H54O6. The molecule has 11 atom stereocenters. The third kappa shape index (κ3) is 6.48. The number of carbonyl (C=O) groups excluding carboxylic acids is 3. The SMILES string of the molecule is CC(=O)OC1CC[C@@]2(C)C(C1)CC(OC(C)=O)[C@H]1[C@@H]3CC[C@H]([C@H](C)CC=C(c4ccccc4)c4ccccc4)[C@@]3(C)C(OC(C)=O)C[C@@H]12. The summed E-state index contributed by atoms with van der Waals surface area (Å²) in [6, 6.07) is 21.2. The summed E-state index contributed by atoms with van der Waals surface area (Å²) in [5, 5.41) is 0. The molecule has 0 spiro atoms. The Balaban J connectivity index is 1.33. The van der Waals surface area contributed by atoms with Gasteiger partial charge in [-0.3, -0.25) is 14.4 Å². The molecular weight excluding hydrogens is 600 g/mol. The fourth-order valence-electron chi connectivity index (χ4n) is 11.2. The third-order valence-corrected chi connectivity index (χ3v) is 13.3. The second-order valence-electron chi connectivity index (χ2n) is 15.8. The molecule has 4 unspecified atom stereocenters. The van der Waals surface area contributed by atoms with E-state index >= 15 is 0 Å². The van der Waals surface area contributed by atoms with Gasteiger partial charge in [-0.2, -0.15) is 0 Å². The first-order valence-electron chi connectivity index (χ1n) is 18.2. The summed E-state index contributed by atoms with van der Waals surface area (Å²) in [5.74, 6) is 0.994. The van der Waals surface area contributed by atoms with Crippen LogP contribution in [0.3, 0.4) is 0 Å². The summed E-state index contributed by atoms with van der Waals surface area (Å²) in [5.41, 5.74) is 3.42. The average molecular weight is 655 g/mol. The van der Waals surface area contributed by atoms with Gasteiger partial charge in [-0.05, 0) is 103 Å². The fraction of sp³-hybridized carbons (Fsp3) is 0.595. The number of benzene rings is 2. The average Bonchev–Trinajstić information content (AvgIpc) is 3.40. The van der Waals surface area contributed by atoms with Crippen LogP contribution in [0.1, 0.15) is 104 Å². The monoisotopic (exact) mass is 654 g/mol. The van der Waals surface area contributed by atoms with Crippen molar-refractivity contribution in [3.8, 4) is 0 Å². The van der Waals surface area contributed by atoms with Crippen molar-refractivity contribution in [2.45, 2.75) is 111 Å². The highest BCUT2D eigenvalue weighted by Gasteiger charge is 2.67. The predicted octanol–water partition coefficient (Wildman–Crippen LogP) is 8.82. The van der Waals surface area contributed by atoms with Crippen LogP contribution in [0.2, 0.25) is 0 Å². The van der Waals surface area contributed by atoms with Gasteiger partial charge in [0.05, 0.1) is 0 Å². The van der Waals surface area contributed by atoms with E-state index in [9.17, 15) is 14.4 Å². The van der Waals surface area contributed by atoms with Gasteiger partial charge in [-0.25, -0.2) is 0 Å². The van der Waals surface area contributed by atoms with Crippen molar-refractivity contribution in [2.75, 3.05) is 0 Å². The van der Waals surface area contributed by atoms with E-state index in [4.69, 9.17) is 14.2 Å². The number of rotatable bonds is 8. The van der Waals surface area contributed by atoms with E-state index in [0.717, 1.165) is 51.4 Å². The standard InChI is InChI=1S/C42H54O6/c1-26(17-18-34(30-13-9-7-10-14-30)31-15-11-8-12-16-31)35-19-20-36-40-37(25-39(42(35,36)6)48-29(4)45)41(5)22-21-33(46-27(2)43)23-32(41)24-38(40)47-28(3)44/h7-16,18,26,32-33,35-40H,17,19-25H2,1-6H3/t26-,32?,33?,35-,36+,37+,38?,39?,40+,41+,42-/m1/s1. The Morgan fingerprint density at radius 3 is 1.96 bits per heavy atom. The molecule has 4 fully saturated rings. The Morgan fingerprint density at radius 1 is 0.771 bits per heavy atom. The molecule has 258 valence electrons. The molecule has 0 radical (unpaired) electrons. The number of fused-ring (bicyclic) bond motifs is 5. The largest absolute Gasteiger partial charge is 0.463 e. The molecule has 0 heterocycles. The van der Waals surface area contributed by atoms with Gasteiger partial charge in [0.25, 0.3) is 0 Å². The number of hydrogen-bond acceptors (Lipinski definition) is 6. The maximum atomic E-state index is 12.8. The van der Waals surface area contributed by atoms with Crippen molar-refractivity contribution in [1.82, 2.24) is 0 Å². The van der Waals surface area contributed by atoms with Crippen LogP contribution in [0.25, 0.3) is 5.57 Å². The minimum absolute atomic E-state index is 0.00952. The highest BCUT2D eigenvalue weighted by atomic mass is 16.6. The quantitative estimate of drug-likeness (QED) is 0.209. The first-order valence-corrected chi connectivity index (χ1v) is 18.2. The van der Waals surface area contributed by atoms with E-state index in [1.807, 2.05) is 0 Å². The van der Waals surface area contributed by atoms with Crippen molar-refractivity contribution < 1.29 is 28.6 Å². The maximum Gasteiger partial charge on any atom is 0.302 e. The molecule has 6 rings (SSSR count). The first kappa shape index (κ1) is 34.5. The molecule has 0 aromatic heterocycles. The zero-order chi connectivity index (χ0) is 34.2. The number of hydrogen-bond donors (Lipinski definition) is 0. The lowest BCUT2D eigenvalue weighted by molar-refractivity contribution is -0.224. The van der Waals surface area contributed by atoms with E-state index in [1.54, 1.807) is 6.92 Å². The Labute approximate surface area is 287 Å². The third-order valence-electron chi connectivity index (χ3n) is 13.3. The van der Waals surface area contributed by atoms with Crippen molar-refractivity contribution in [3.05, 3.63) is 77.9 Å². The highest BCUT2D eigenvalue weighted by molar-refractivity contribution is 5.79. The van der Waals surface area contributed by atoms with Gasteiger partial charge in [0, 0.05) is 32.1 Å². The summed E-state index contributed by atoms with van der Waals surface area (Å²) in [4.78, 5) is 37.2. The number of ether oxygens (including phenoxy) is 3. The van der Waals surface area contributed by atoms with Crippen LogP contribution in [-0.4, -0.2) is 36.2 Å². The van der Waals surface area contributed by atoms with E-state index in [0.29, 0.717) is 11.8 Å². The maximum absolute atomic E-state index is 12.8. The fourth-order valence-corrected chi connectivity index (χ4v) is 11.2. The number of carbonyl (C=O) groups is 3. The topological polar surface area (TPSA) is 78.9 Å². The second-order valence-corrected chi connectivity index (χ2v) is 15.8. The predicted molar refractivity (Wildman–Crippen MR) is 186 cm³/mol. The van der Waals surface area contributed by atoms with Crippen LogP contribution in [0.4, 0.5) is 0 Å². The lowest BCUT2D eigenvalue weighted by Crippen LogP contribution is -2.63. The lowest BCUT2D eigenvalue weighted by Gasteiger charge is -2.64. The smallest absolute Gasteiger partial charge is 0.302 e. The summed E-state index contributed by atoms with van der Waals surface area (Å²) in [7, 11) is 0. The summed E-state index contributed by atoms with van der Waals surface area (Å²) < 4.78 is 18.3. The van der Waals surface area contributed by atoms with Crippen molar-refractivity contribution in [2.24, 2.45) is 46.3 Å². The molecule has 4 saturated carbocycles. The normalized spacial score (nSPS) is 36.0. The molecule has 4 aliphatic carbocycles. The molecule has 2 aromatic rings. The van der Waals surface area contributed by atoms with Gasteiger partial charge in [0.2, 0.25) is 0 Å². The van der Waals surface area contributed by atoms with Gasteiger partial charge in [-0.1, -0.05) is 87.5 Å². The van der Waals surface area contributed by atoms with Gasteiger partial charge in [0.1, 0.15) is 18.3 Å².